The Hall–Kier alpha value is -2.56. The number of aromatic nitrogens is 3. The summed E-state index contributed by atoms with van der Waals surface area (Å²) in [7, 11) is 1.37. The van der Waals surface area contributed by atoms with Crippen molar-refractivity contribution in [2.75, 3.05) is 5.45 Å². The predicted octanol–water partition coefficient (Wildman–Crippen LogP) is 2.13. The van der Waals surface area contributed by atoms with Gasteiger partial charge in [0.2, 0.25) is 0 Å². The number of nitrogens with zero attached hydrogens (tertiary/aromatic N) is 4. The molecule has 4 atom stereocenters. The zero-order valence-corrected chi connectivity index (χ0v) is 21.7. The summed E-state index contributed by atoms with van der Waals surface area (Å²) in [5, 5.41) is 11.2. The van der Waals surface area contributed by atoms with E-state index in [-0.39, 0.29) is 24.2 Å². The van der Waals surface area contributed by atoms with Crippen molar-refractivity contribution in [2.45, 2.75) is 41.1 Å². The van der Waals surface area contributed by atoms with Gasteiger partial charge in [-0.05, 0) is 17.6 Å². The molecule has 0 radical (unpaired) electrons. The average Bonchev–Trinajstić information content (AvgIpc) is 3.14. The lowest BCUT2D eigenvalue weighted by atomic mass is 9.64. The molecule has 3 heterocycles. The number of hydrogen-bond donors (Lipinski definition) is 1. The van der Waals surface area contributed by atoms with Crippen molar-refractivity contribution in [3.8, 4) is 5.75 Å². The highest BCUT2D eigenvalue weighted by molar-refractivity contribution is 9.09. The van der Waals surface area contributed by atoms with Crippen LogP contribution in [-0.4, -0.2) is 51.0 Å². The van der Waals surface area contributed by atoms with Crippen molar-refractivity contribution < 1.29 is 14.7 Å². The SMILES string of the molecule is C=CCc1cccc([C@H]2C3=CCn4c(=O)n(C)c(=O)n4[C@@H]3C[C@@]3(Cl)C(=O)N(CBr)C(=O)[C@@]23Cl)c1O. The van der Waals surface area contributed by atoms with Crippen LogP contribution < -0.4 is 11.4 Å². The van der Waals surface area contributed by atoms with Crippen LogP contribution in [0.2, 0.25) is 0 Å². The smallest absolute Gasteiger partial charge is 0.347 e. The molecule has 3 aliphatic rings. The van der Waals surface area contributed by atoms with Crippen LogP contribution in [0, 0.1) is 0 Å². The van der Waals surface area contributed by atoms with Crippen LogP contribution >= 0.6 is 39.1 Å². The number of carbonyl (C=O) groups is 2. The number of para-hydroxylation sites is 1. The van der Waals surface area contributed by atoms with E-state index in [2.05, 4.69) is 22.5 Å². The third-order valence-corrected chi connectivity index (χ3v) is 9.21. The van der Waals surface area contributed by atoms with Crippen LogP contribution in [0.4, 0.5) is 0 Å². The van der Waals surface area contributed by atoms with Crippen LogP contribution in [0.3, 0.4) is 0 Å². The topological polar surface area (TPSA) is 107 Å². The number of alkyl halides is 3. The number of rotatable bonds is 4. The van der Waals surface area contributed by atoms with Gasteiger partial charge in [0.1, 0.15) is 5.75 Å². The Morgan fingerprint density at radius 1 is 1.20 bits per heavy atom. The van der Waals surface area contributed by atoms with Crippen molar-refractivity contribution in [2.24, 2.45) is 7.05 Å². The molecule has 2 fully saturated rings. The van der Waals surface area contributed by atoms with Crippen molar-refractivity contribution in [3.05, 3.63) is 74.6 Å². The maximum atomic E-state index is 13.7. The van der Waals surface area contributed by atoms with Crippen molar-refractivity contribution >= 4 is 50.9 Å². The number of hydrogen-bond acceptors (Lipinski definition) is 5. The van der Waals surface area contributed by atoms with Gasteiger partial charge in [-0.3, -0.25) is 14.5 Å². The maximum absolute atomic E-state index is 13.7. The molecule has 35 heavy (non-hydrogen) atoms. The molecule has 2 aliphatic heterocycles. The molecule has 9 nitrogen and oxygen atoms in total. The van der Waals surface area contributed by atoms with Gasteiger partial charge >= 0.3 is 11.4 Å². The molecule has 1 saturated heterocycles. The normalized spacial score (nSPS) is 29.5. The Labute approximate surface area is 217 Å². The summed E-state index contributed by atoms with van der Waals surface area (Å²) in [6.45, 7) is 3.77. The van der Waals surface area contributed by atoms with E-state index >= 15 is 0 Å². The van der Waals surface area contributed by atoms with E-state index < -0.39 is 44.9 Å². The number of likely N-dealkylation sites (tertiary alicyclic amines) is 1. The summed E-state index contributed by atoms with van der Waals surface area (Å²) in [5.41, 5.74) is 0.178. The van der Waals surface area contributed by atoms with E-state index in [0.717, 1.165) is 9.47 Å². The van der Waals surface area contributed by atoms with Gasteiger partial charge in [-0.15, -0.1) is 29.8 Å². The number of imide groups is 1. The largest absolute Gasteiger partial charge is 0.507 e. The molecule has 1 saturated carbocycles. The Morgan fingerprint density at radius 2 is 1.91 bits per heavy atom. The molecule has 5 rings (SSSR count). The van der Waals surface area contributed by atoms with E-state index in [1.165, 1.54) is 16.4 Å². The Bertz CT molecular complexity index is 1460. The van der Waals surface area contributed by atoms with Gasteiger partial charge in [-0.25, -0.2) is 23.5 Å². The minimum absolute atomic E-state index is 0.0525. The molecule has 184 valence electrons. The zero-order chi connectivity index (χ0) is 25.4. The fraction of sp³-hybridized carbons (Fsp3) is 0.391. The molecular formula is C23H21BrCl2N4O5. The van der Waals surface area contributed by atoms with Crippen LogP contribution in [0.1, 0.15) is 29.5 Å². The predicted molar refractivity (Wildman–Crippen MR) is 133 cm³/mol. The number of phenolic OH excluding ortho intramolecular Hbond substituents is 1. The van der Waals surface area contributed by atoms with E-state index in [1.54, 1.807) is 30.4 Å². The third-order valence-electron chi connectivity index (χ3n) is 7.30. The van der Waals surface area contributed by atoms with Crippen LogP contribution in [0.15, 0.2) is 52.1 Å². The first-order valence-corrected chi connectivity index (χ1v) is 12.7. The molecule has 1 aromatic heterocycles. The molecule has 0 unspecified atom stereocenters. The van der Waals surface area contributed by atoms with Gasteiger partial charge in [0.25, 0.3) is 11.8 Å². The standard InChI is InChI=1S/C23H21BrCl2N4O5/c1-3-5-12-6-4-7-14(17(12)31)16-13-8-9-29-20(34)27(2)21(35)30(29)15(13)10-22(25)18(32)28(11-24)19(33)23(16,22)26/h3-4,6-8,15-16,31H,1,5,9-11H2,2H3/t15-,16-,22-,23+/m1/s1. The number of phenols is 1. The summed E-state index contributed by atoms with van der Waals surface area (Å²) in [6, 6.07) is 4.22. The number of halogens is 3. The van der Waals surface area contributed by atoms with Gasteiger partial charge < -0.3 is 5.11 Å². The maximum Gasteiger partial charge on any atom is 0.347 e. The second kappa shape index (κ2) is 7.97. The number of benzene rings is 1. The summed E-state index contributed by atoms with van der Waals surface area (Å²) in [4.78, 5) is 49.9. The van der Waals surface area contributed by atoms with Crippen LogP contribution in [0.5, 0.6) is 5.75 Å². The summed E-state index contributed by atoms with van der Waals surface area (Å²) < 4.78 is 3.51. The number of fused-ring (bicyclic) bond motifs is 4. The monoisotopic (exact) mass is 582 g/mol. The average molecular weight is 584 g/mol. The lowest BCUT2D eigenvalue weighted by molar-refractivity contribution is -0.138. The van der Waals surface area contributed by atoms with Gasteiger partial charge in [-0.1, -0.05) is 46.3 Å². The first-order valence-electron chi connectivity index (χ1n) is 10.8. The highest BCUT2D eigenvalue weighted by Crippen LogP contribution is 2.64. The zero-order valence-electron chi connectivity index (χ0n) is 18.6. The van der Waals surface area contributed by atoms with E-state index in [4.69, 9.17) is 23.2 Å². The Balaban J connectivity index is 1.83. The second-order valence-corrected chi connectivity index (χ2v) is 10.7. The Morgan fingerprint density at radius 3 is 2.57 bits per heavy atom. The van der Waals surface area contributed by atoms with Crippen molar-refractivity contribution in [1.29, 1.82) is 0 Å². The third kappa shape index (κ3) is 2.87. The van der Waals surface area contributed by atoms with Crippen molar-refractivity contribution in [1.82, 2.24) is 18.8 Å². The highest BCUT2D eigenvalue weighted by atomic mass is 79.9. The van der Waals surface area contributed by atoms with Crippen LogP contribution in [0.25, 0.3) is 0 Å². The molecular weight excluding hydrogens is 563 g/mol. The quantitative estimate of drug-likeness (QED) is 0.257. The molecule has 2 amide bonds. The first-order chi connectivity index (χ1) is 16.5. The van der Waals surface area contributed by atoms with E-state index in [1.807, 2.05) is 0 Å². The van der Waals surface area contributed by atoms with Crippen molar-refractivity contribution in [3.63, 3.8) is 0 Å². The summed E-state index contributed by atoms with van der Waals surface area (Å²) >= 11 is 17.4. The fourth-order valence-electron chi connectivity index (χ4n) is 5.63. The van der Waals surface area contributed by atoms with Gasteiger partial charge in [0.15, 0.2) is 9.75 Å². The van der Waals surface area contributed by atoms with Gasteiger partial charge in [-0.2, -0.15) is 0 Å². The first kappa shape index (κ1) is 24.1. The number of amides is 2. The number of allylic oxidation sites excluding steroid dienone is 3. The number of carbonyl (C=O) groups excluding carboxylic acids is 2. The minimum atomic E-state index is -1.98. The molecule has 1 aliphatic carbocycles. The number of aromatic hydroxyl groups is 1. The summed E-state index contributed by atoms with van der Waals surface area (Å²) in [6.07, 6.45) is 3.52. The van der Waals surface area contributed by atoms with E-state index in [9.17, 15) is 24.3 Å². The lowest BCUT2D eigenvalue weighted by Crippen LogP contribution is -2.59. The van der Waals surface area contributed by atoms with Crippen LogP contribution in [-0.2, 0) is 29.6 Å². The lowest BCUT2D eigenvalue weighted by Gasteiger charge is -2.49. The molecule has 2 aromatic rings. The van der Waals surface area contributed by atoms with Gasteiger partial charge in [0.05, 0.1) is 18.0 Å². The molecule has 1 aromatic carbocycles. The highest BCUT2D eigenvalue weighted by Gasteiger charge is 2.75. The molecule has 1 N–H and O–H groups in total. The minimum Gasteiger partial charge on any atom is -0.507 e. The van der Waals surface area contributed by atoms with E-state index in [0.29, 0.717) is 23.1 Å². The Kier molecular flexibility index (Phi) is 5.50. The molecule has 12 heteroatoms. The molecule has 0 spiro atoms. The van der Waals surface area contributed by atoms with Gasteiger partial charge in [0, 0.05) is 24.9 Å². The fourth-order valence-corrected chi connectivity index (χ4v) is 7.03. The summed E-state index contributed by atoms with van der Waals surface area (Å²) in [5.74, 6) is -2.55. The second-order valence-electron chi connectivity index (χ2n) is 8.93. The molecule has 0 bridgehead atoms.